The second kappa shape index (κ2) is 4.48. The van der Waals surface area contributed by atoms with Crippen LogP contribution in [-0.2, 0) is 0 Å². The van der Waals surface area contributed by atoms with Gasteiger partial charge in [0.15, 0.2) is 0 Å². The molecule has 19 heavy (non-hydrogen) atoms. The van der Waals surface area contributed by atoms with Gasteiger partial charge in [0.1, 0.15) is 0 Å². The van der Waals surface area contributed by atoms with E-state index in [4.69, 9.17) is 0 Å². The van der Waals surface area contributed by atoms with Crippen molar-refractivity contribution in [1.29, 1.82) is 0 Å². The van der Waals surface area contributed by atoms with Crippen molar-refractivity contribution in [1.82, 2.24) is 0 Å². The fraction of sp³-hybridized carbons (Fsp3) is 1.00. The van der Waals surface area contributed by atoms with E-state index >= 15 is 0 Å². The van der Waals surface area contributed by atoms with Gasteiger partial charge in [-0.15, -0.1) is 0 Å². The molecule has 0 saturated heterocycles. The molecule has 0 aromatic rings. The highest BCUT2D eigenvalue weighted by atomic mass is 16.3. The molecule has 5 aliphatic carbocycles. The number of aliphatic hydroxyl groups excluding tert-OH is 1. The standard InChI is InChI=1S/C18H30O/c1-12-2-4-16(5-3-12)17(19)18-9-13-6-14(10-18)8-15(7-13)11-18/h12-17,19H,2-11H2,1H3. The topological polar surface area (TPSA) is 20.2 Å². The zero-order valence-corrected chi connectivity index (χ0v) is 12.5. The van der Waals surface area contributed by atoms with Gasteiger partial charge in [0.2, 0.25) is 0 Å². The number of hydrogen-bond acceptors (Lipinski definition) is 1. The zero-order chi connectivity index (χ0) is 13.0. The molecule has 1 heteroatoms. The molecule has 5 aliphatic rings. The maximum Gasteiger partial charge on any atom is 0.0624 e. The Morgan fingerprint density at radius 1 is 0.842 bits per heavy atom. The Balaban J connectivity index is 1.51. The van der Waals surface area contributed by atoms with Crippen LogP contribution in [0, 0.1) is 35.0 Å². The summed E-state index contributed by atoms with van der Waals surface area (Å²) in [4.78, 5) is 0. The molecule has 1 N–H and O–H groups in total. The molecular weight excluding hydrogens is 232 g/mol. The smallest absolute Gasteiger partial charge is 0.0624 e. The van der Waals surface area contributed by atoms with Crippen molar-refractivity contribution in [2.75, 3.05) is 0 Å². The Morgan fingerprint density at radius 3 is 1.79 bits per heavy atom. The fourth-order valence-corrected chi connectivity index (χ4v) is 6.64. The van der Waals surface area contributed by atoms with Crippen molar-refractivity contribution >= 4 is 0 Å². The van der Waals surface area contributed by atoms with Crippen LogP contribution in [0.4, 0.5) is 0 Å². The van der Waals surface area contributed by atoms with E-state index in [0.717, 1.165) is 23.7 Å². The molecule has 0 heterocycles. The van der Waals surface area contributed by atoms with E-state index in [-0.39, 0.29) is 6.10 Å². The van der Waals surface area contributed by atoms with E-state index in [2.05, 4.69) is 6.92 Å². The van der Waals surface area contributed by atoms with Crippen LogP contribution in [0.5, 0.6) is 0 Å². The van der Waals surface area contributed by atoms with Gasteiger partial charge >= 0.3 is 0 Å². The highest BCUT2D eigenvalue weighted by molar-refractivity contribution is 5.05. The van der Waals surface area contributed by atoms with Gasteiger partial charge in [-0.2, -0.15) is 0 Å². The molecule has 108 valence electrons. The molecule has 4 bridgehead atoms. The highest BCUT2D eigenvalue weighted by Gasteiger charge is 2.55. The third-order valence-electron chi connectivity index (χ3n) is 7.22. The Labute approximate surface area is 118 Å². The van der Waals surface area contributed by atoms with Crippen LogP contribution in [0.15, 0.2) is 0 Å². The van der Waals surface area contributed by atoms with E-state index in [1.807, 2.05) is 0 Å². The molecule has 0 aromatic carbocycles. The predicted octanol–water partition coefficient (Wildman–Crippen LogP) is 4.39. The van der Waals surface area contributed by atoms with Gasteiger partial charge in [-0.1, -0.05) is 19.8 Å². The average molecular weight is 262 g/mol. The molecule has 1 nitrogen and oxygen atoms in total. The lowest BCUT2D eigenvalue weighted by atomic mass is 9.47. The summed E-state index contributed by atoms with van der Waals surface area (Å²) in [7, 11) is 0. The van der Waals surface area contributed by atoms with E-state index < -0.39 is 0 Å². The minimum absolute atomic E-state index is 0.0356. The lowest BCUT2D eigenvalue weighted by molar-refractivity contribution is -0.142. The summed E-state index contributed by atoms with van der Waals surface area (Å²) in [6.45, 7) is 2.38. The molecule has 0 spiro atoms. The minimum Gasteiger partial charge on any atom is -0.392 e. The Kier molecular flexibility index (Phi) is 2.99. The van der Waals surface area contributed by atoms with Crippen LogP contribution >= 0.6 is 0 Å². The van der Waals surface area contributed by atoms with Crippen molar-refractivity contribution in [2.45, 2.75) is 77.2 Å². The largest absolute Gasteiger partial charge is 0.392 e. The number of rotatable bonds is 2. The molecule has 1 atom stereocenters. The first-order chi connectivity index (χ1) is 9.14. The first-order valence-electron chi connectivity index (χ1n) is 8.83. The minimum atomic E-state index is 0.0356. The van der Waals surface area contributed by atoms with E-state index in [0.29, 0.717) is 11.3 Å². The van der Waals surface area contributed by atoms with Crippen molar-refractivity contribution < 1.29 is 5.11 Å². The van der Waals surface area contributed by atoms with Gasteiger partial charge in [0.25, 0.3) is 0 Å². The van der Waals surface area contributed by atoms with Gasteiger partial charge in [-0.25, -0.2) is 0 Å². The zero-order valence-electron chi connectivity index (χ0n) is 12.5. The van der Waals surface area contributed by atoms with Crippen LogP contribution in [-0.4, -0.2) is 11.2 Å². The monoisotopic (exact) mass is 262 g/mol. The fourth-order valence-electron chi connectivity index (χ4n) is 6.64. The third kappa shape index (κ3) is 2.07. The van der Waals surface area contributed by atoms with Crippen LogP contribution in [0.25, 0.3) is 0 Å². The van der Waals surface area contributed by atoms with E-state index in [1.165, 1.54) is 64.2 Å². The summed E-state index contributed by atoms with van der Waals surface area (Å²) in [6.07, 6.45) is 13.9. The van der Waals surface area contributed by atoms with Crippen LogP contribution < -0.4 is 0 Å². The quantitative estimate of drug-likeness (QED) is 0.782. The van der Waals surface area contributed by atoms with Gasteiger partial charge in [0, 0.05) is 0 Å². The average Bonchev–Trinajstić information content (AvgIpc) is 2.37. The SMILES string of the molecule is CC1CCC(C(O)C23CC4CC(CC(C4)C2)C3)CC1. The van der Waals surface area contributed by atoms with Gasteiger partial charge in [0.05, 0.1) is 6.10 Å². The van der Waals surface area contributed by atoms with Crippen molar-refractivity contribution in [3.8, 4) is 0 Å². The molecule has 5 fully saturated rings. The van der Waals surface area contributed by atoms with Crippen LogP contribution in [0.1, 0.15) is 71.1 Å². The Hall–Kier alpha value is -0.0400. The summed E-state index contributed by atoms with van der Waals surface area (Å²) in [6, 6.07) is 0. The lowest BCUT2D eigenvalue weighted by Gasteiger charge is -2.59. The normalized spacial score (nSPS) is 54.3. The molecule has 0 aliphatic heterocycles. The maximum atomic E-state index is 11.1. The van der Waals surface area contributed by atoms with E-state index in [9.17, 15) is 5.11 Å². The van der Waals surface area contributed by atoms with Gasteiger partial charge < -0.3 is 5.11 Å². The molecule has 1 unspecified atom stereocenters. The second-order valence-electron chi connectivity index (χ2n) is 8.74. The molecule has 5 rings (SSSR count). The summed E-state index contributed by atoms with van der Waals surface area (Å²) < 4.78 is 0. The van der Waals surface area contributed by atoms with Crippen molar-refractivity contribution in [3.63, 3.8) is 0 Å². The van der Waals surface area contributed by atoms with Crippen molar-refractivity contribution in [2.24, 2.45) is 35.0 Å². The molecule has 0 aromatic heterocycles. The summed E-state index contributed by atoms with van der Waals surface area (Å²) >= 11 is 0. The van der Waals surface area contributed by atoms with Crippen molar-refractivity contribution in [3.05, 3.63) is 0 Å². The molecular formula is C18H30O. The first-order valence-corrected chi connectivity index (χ1v) is 8.83. The summed E-state index contributed by atoms with van der Waals surface area (Å²) in [5, 5.41) is 11.1. The first kappa shape index (κ1) is 12.7. The molecule has 5 saturated carbocycles. The van der Waals surface area contributed by atoms with Crippen LogP contribution in [0.3, 0.4) is 0 Å². The second-order valence-corrected chi connectivity index (χ2v) is 8.74. The highest BCUT2D eigenvalue weighted by Crippen LogP contribution is 2.62. The van der Waals surface area contributed by atoms with E-state index in [1.54, 1.807) is 0 Å². The Bertz CT molecular complexity index is 304. The molecule has 0 radical (unpaired) electrons. The number of aliphatic hydroxyl groups is 1. The number of hydrogen-bond donors (Lipinski definition) is 1. The summed E-state index contributed by atoms with van der Waals surface area (Å²) in [5.74, 6) is 4.46. The van der Waals surface area contributed by atoms with Gasteiger partial charge in [-0.05, 0) is 86.4 Å². The predicted molar refractivity (Wildman–Crippen MR) is 77.7 cm³/mol. The third-order valence-corrected chi connectivity index (χ3v) is 7.22. The maximum absolute atomic E-state index is 11.1. The lowest BCUT2D eigenvalue weighted by Crippen LogP contribution is -2.53. The summed E-state index contributed by atoms with van der Waals surface area (Å²) in [5.41, 5.74) is 0.361. The molecule has 0 amide bonds. The van der Waals surface area contributed by atoms with Crippen LogP contribution in [0.2, 0.25) is 0 Å². The van der Waals surface area contributed by atoms with Gasteiger partial charge in [-0.3, -0.25) is 0 Å². The Morgan fingerprint density at radius 2 is 1.32 bits per heavy atom.